The molecule has 1 rings (SSSR count). The van der Waals surface area contributed by atoms with Crippen molar-refractivity contribution in [1.82, 2.24) is 4.90 Å². The lowest BCUT2D eigenvalue weighted by Crippen LogP contribution is -2.36. The maximum Gasteiger partial charge on any atom is 0.00923 e. The summed E-state index contributed by atoms with van der Waals surface area (Å²) >= 11 is 0. The SMILES string of the molecule is CCCCC(CC)CN(C)C1CCCCC1. The molecule has 0 spiro atoms. The van der Waals surface area contributed by atoms with E-state index < -0.39 is 0 Å². The van der Waals surface area contributed by atoms with Crippen molar-refractivity contribution in [3.05, 3.63) is 0 Å². The standard InChI is InChI=1S/C15H31N/c1-4-6-10-14(5-2)13-16(3)15-11-8-7-9-12-15/h14-15H,4-13H2,1-3H3. The Bertz CT molecular complexity index is 161. The van der Waals surface area contributed by atoms with E-state index in [1.54, 1.807) is 0 Å². The third-order valence-electron chi connectivity index (χ3n) is 4.29. The van der Waals surface area contributed by atoms with Crippen molar-refractivity contribution in [2.75, 3.05) is 13.6 Å². The van der Waals surface area contributed by atoms with Crippen LogP contribution in [0.2, 0.25) is 0 Å². The Kier molecular flexibility index (Phi) is 7.11. The van der Waals surface area contributed by atoms with Gasteiger partial charge in [0.25, 0.3) is 0 Å². The Balaban J connectivity index is 2.26. The second-order valence-electron chi connectivity index (χ2n) is 5.65. The maximum atomic E-state index is 2.66. The number of hydrogen-bond donors (Lipinski definition) is 0. The van der Waals surface area contributed by atoms with Crippen molar-refractivity contribution < 1.29 is 0 Å². The molecule has 0 amide bonds. The van der Waals surface area contributed by atoms with Gasteiger partial charge in [-0.25, -0.2) is 0 Å². The van der Waals surface area contributed by atoms with Crippen molar-refractivity contribution >= 4 is 0 Å². The molecule has 1 saturated carbocycles. The third kappa shape index (κ3) is 4.86. The topological polar surface area (TPSA) is 3.24 Å². The first-order valence-electron chi connectivity index (χ1n) is 7.48. The van der Waals surface area contributed by atoms with Gasteiger partial charge in [0.15, 0.2) is 0 Å². The zero-order valence-electron chi connectivity index (χ0n) is 11.7. The zero-order valence-corrected chi connectivity index (χ0v) is 11.7. The molecule has 1 unspecified atom stereocenters. The molecule has 1 fully saturated rings. The number of rotatable bonds is 7. The van der Waals surface area contributed by atoms with E-state index >= 15 is 0 Å². The second kappa shape index (κ2) is 8.11. The van der Waals surface area contributed by atoms with Crippen LogP contribution in [0, 0.1) is 5.92 Å². The summed E-state index contributed by atoms with van der Waals surface area (Å²) in [6.45, 7) is 5.99. The summed E-state index contributed by atoms with van der Waals surface area (Å²) in [7, 11) is 2.35. The van der Waals surface area contributed by atoms with Gasteiger partial charge in [0, 0.05) is 12.6 Å². The molecule has 0 N–H and O–H groups in total. The molecule has 0 radical (unpaired) electrons. The molecule has 0 aromatic rings. The van der Waals surface area contributed by atoms with Gasteiger partial charge in [-0.15, -0.1) is 0 Å². The fourth-order valence-electron chi connectivity index (χ4n) is 3.00. The average molecular weight is 225 g/mol. The van der Waals surface area contributed by atoms with Gasteiger partial charge in [0.1, 0.15) is 0 Å². The van der Waals surface area contributed by atoms with Gasteiger partial charge in [-0.3, -0.25) is 0 Å². The van der Waals surface area contributed by atoms with E-state index in [4.69, 9.17) is 0 Å². The molecule has 0 bridgehead atoms. The normalized spacial score (nSPS) is 20.2. The van der Waals surface area contributed by atoms with E-state index in [-0.39, 0.29) is 0 Å². The van der Waals surface area contributed by atoms with Gasteiger partial charge < -0.3 is 4.90 Å². The molecule has 1 aliphatic carbocycles. The lowest BCUT2D eigenvalue weighted by atomic mass is 9.92. The smallest absolute Gasteiger partial charge is 0.00923 e. The first kappa shape index (κ1) is 14.0. The molecule has 96 valence electrons. The Labute approximate surface area is 103 Å². The van der Waals surface area contributed by atoms with Gasteiger partial charge >= 0.3 is 0 Å². The average Bonchev–Trinajstić information content (AvgIpc) is 2.35. The quantitative estimate of drug-likeness (QED) is 0.618. The molecule has 16 heavy (non-hydrogen) atoms. The summed E-state index contributed by atoms with van der Waals surface area (Å²) in [5.41, 5.74) is 0. The highest BCUT2D eigenvalue weighted by Crippen LogP contribution is 2.23. The fourth-order valence-corrected chi connectivity index (χ4v) is 3.00. The Morgan fingerprint density at radius 3 is 2.38 bits per heavy atom. The minimum atomic E-state index is 0.893. The molecule has 1 nitrogen and oxygen atoms in total. The Morgan fingerprint density at radius 1 is 1.12 bits per heavy atom. The van der Waals surface area contributed by atoms with Crippen molar-refractivity contribution in [3.63, 3.8) is 0 Å². The van der Waals surface area contributed by atoms with E-state index in [0.29, 0.717) is 0 Å². The highest BCUT2D eigenvalue weighted by molar-refractivity contribution is 4.75. The van der Waals surface area contributed by atoms with Gasteiger partial charge in [0.05, 0.1) is 0 Å². The van der Waals surface area contributed by atoms with Crippen LogP contribution in [0.4, 0.5) is 0 Å². The van der Waals surface area contributed by atoms with Crippen LogP contribution in [0.3, 0.4) is 0 Å². The van der Waals surface area contributed by atoms with Crippen LogP contribution >= 0.6 is 0 Å². The van der Waals surface area contributed by atoms with Crippen LogP contribution < -0.4 is 0 Å². The minimum absolute atomic E-state index is 0.893. The van der Waals surface area contributed by atoms with Crippen molar-refractivity contribution in [2.24, 2.45) is 5.92 Å². The van der Waals surface area contributed by atoms with E-state index in [9.17, 15) is 0 Å². The van der Waals surface area contributed by atoms with Crippen molar-refractivity contribution in [3.8, 4) is 0 Å². The van der Waals surface area contributed by atoms with Gasteiger partial charge in [0.2, 0.25) is 0 Å². The molecular weight excluding hydrogens is 194 g/mol. The summed E-state index contributed by atoms with van der Waals surface area (Å²) in [5.74, 6) is 0.937. The third-order valence-corrected chi connectivity index (χ3v) is 4.29. The summed E-state index contributed by atoms with van der Waals surface area (Å²) < 4.78 is 0. The van der Waals surface area contributed by atoms with Crippen LogP contribution in [0.25, 0.3) is 0 Å². The molecule has 1 aliphatic rings. The number of unbranched alkanes of at least 4 members (excludes halogenated alkanes) is 1. The highest BCUT2D eigenvalue weighted by Gasteiger charge is 2.19. The fraction of sp³-hybridized carbons (Fsp3) is 1.00. The molecule has 0 heterocycles. The summed E-state index contributed by atoms with van der Waals surface area (Å²) in [6.07, 6.45) is 12.8. The predicted octanol–water partition coefficient (Wildman–Crippen LogP) is 4.47. The Morgan fingerprint density at radius 2 is 1.81 bits per heavy atom. The maximum absolute atomic E-state index is 2.66. The van der Waals surface area contributed by atoms with Crippen LogP contribution in [-0.2, 0) is 0 Å². The summed E-state index contributed by atoms with van der Waals surface area (Å²) in [4.78, 5) is 2.66. The lowest BCUT2D eigenvalue weighted by Gasteiger charge is -2.33. The number of hydrogen-bond acceptors (Lipinski definition) is 1. The highest BCUT2D eigenvalue weighted by atomic mass is 15.1. The molecule has 0 aromatic heterocycles. The largest absolute Gasteiger partial charge is 0.303 e. The lowest BCUT2D eigenvalue weighted by molar-refractivity contribution is 0.160. The van der Waals surface area contributed by atoms with Gasteiger partial charge in [-0.1, -0.05) is 52.4 Å². The van der Waals surface area contributed by atoms with E-state index in [2.05, 4.69) is 25.8 Å². The molecule has 0 saturated heterocycles. The van der Waals surface area contributed by atoms with E-state index in [1.807, 2.05) is 0 Å². The second-order valence-corrected chi connectivity index (χ2v) is 5.65. The van der Waals surface area contributed by atoms with E-state index in [0.717, 1.165) is 12.0 Å². The molecule has 1 atom stereocenters. The van der Waals surface area contributed by atoms with Crippen LogP contribution in [0.5, 0.6) is 0 Å². The number of nitrogens with zero attached hydrogens (tertiary/aromatic N) is 1. The predicted molar refractivity (Wildman–Crippen MR) is 72.8 cm³/mol. The molecule has 0 aromatic carbocycles. The molecular formula is C15H31N. The van der Waals surface area contributed by atoms with Crippen LogP contribution in [0.15, 0.2) is 0 Å². The van der Waals surface area contributed by atoms with Gasteiger partial charge in [-0.05, 0) is 32.2 Å². The van der Waals surface area contributed by atoms with Crippen molar-refractivity contribution in [1.29, 1.82) is 0 Å². The van der Waals surface area contributed by atoms with E-state index in [1.165, 1.54) is 64.3 Å². The monoisotopic (exact) mass is 225 g/mol. The first-order valence-corrected chi connectivity index (χ1v) is 7.48. The summed E-state index contributed by atoms with van der Waals surface area (Å²) in [6, 6.07) is 0.893. The van der Waals surface area contributed by atoms with Gasteiger partial charge in [-0.2, -0.15) is 0 Å². The first-order chi connectivity index (χ1) is 7.77. The summed E-state index contributed by atoms with van der Waals surface area (Å²) in [5, 5.41) is 0. The minimum Gasteiger partial charge on any atom is -0.303 e. The van der Waals surface area contributed by atoms with Crippen LogP contribution in [-0.4, -0.2) is 24.5 Å². The van der Waals surface area contributed by atoms with Crippen molar-refractivity contribution in [2.45, 2.75) is 77.7 Å². The Hall–Kier alpha value is -0.0400. The molecule has 0 aliphatic heterocycles. The molecule has 1 heteroatoms. The van der Waals surface area contributed by atoms with Crippen LogP contribution in [0.1, 0.15) is 71.6 Å². The zero-order chi connectivity index (χ0) is 11.8.